The molecule has 0 saturated carbocycles. The quantitative estimate of drug-likeness (QED) is 0.113. The van der Waals surface area contributed by atoms with Gasteiger partial charge in [0.2, 0.25) is 0 Å². The molecule has 172 valence electrons. The minimum atomic E-state index is -0.792. The molecule has 0 saturated heterocycles. The van der Waals surface area contributed by atoms with E-state index in [0.29, 0.717) is 29.9 Å². The number of benzene rings is 2. The van der Waals surface area contributed by atoms with Crippen molar-refractivity contribution < 1.29 is 33.3 Å². The average Bonchev–Trinajstić information content (AvgIpc) is 2.81. The molecule has 2 aromatic rings. The zero-order valence-corrected chi connectivity index (χ0v) is 18.5. The summed E-state index contributed by atoms with van der Waals surface area (Å²) in [6, 6.07) is 14.0. The van der Waals surface area contributed by atoms with Crippen LogP contribution in [0, 0.1) is 0 Å². The predicted octanol–water partition coefficient (Wildman–Crippen LogP) is 5.42. The summed E-state index contributed by atoms with van der Waals surface area (Å²) in [6.45, 7) is 8.88. The highest BCUT2D eigenvalue weighted by molar-refractivity contribution is 5.88. The normalized spacial score (nSPS) is 10.3. The summed E-state index contributed by atoms with van der Waals surface area (Å²) in [5, 5.41) is 0. The van der Waals surface area contributed by atoms with Gasteiger partial charge in [-0.2, -0.15) is 0 Å². The molecule has 0 aromatic heterocycles. The molecular weight excluding hydrogens is 424 g/mol. The van der Waals surface area contributed by atoms with Crippen LogP contribution < -0.4 is 9.47 Å². The molecule has 0 fully saturated rings. The van der Waals surface area contributed by atoms with E-state index in [4.69, 9.17) is 18.9 Å². The third-order valence-corrected chi connectivity index (χ3v) is 4.17. The summed E-state index contributed by atoms with van der Waals surface area (Å²) in [5.74, 6) is -0.142. The van der Waals surface area contributed by atoms with Gasteiger partial charge in [0, 0.05) is 11.6 Å². The zero-order valence-electron chi connectivity index (χ0n) is 18.5. The maximum absolute atomic E-state index is 11.8. The largest absolute Gasteiger partial charge is 0.513 e. The van der Waals surface area contributed by atoms with Crippen molar-refractivity contribution in [1.29, 1.82) is 0 Å². The smallest absolute Gasteiger partial charge is 0.462 e. The fourth-order valence-corrected chi connectivity index (χ4v) is 2.48. The molecule has 0 N–H and O–H groups in total. The van der Waals surface area contributed by atoms with Crippen molar-refractivity contribution in [3.05, 3.63) is 85.5 Å². The first-order chi connectivity index (χ1) is 15.9. The Bertz CT molecular complexity index is 1000. The maximum atomic E-state index is 11.8. The number of ether oxygens (including phenoxy) is 4. The summed E-state index contributed by atoms with van der Waals surface area (Å²) in [4.78, 5) is 34.2. The second kappa shape index (κ2) is 13.3. The molecule has 0 aliphatic rings. The van der Waals surface area contributed by atoms with Crippen LogP contribution in [0.4, 0.5) is 4.79 Å². The van der Waals surface area contributed by atoms with Crippen LogP contribution in [0.3, 0.4) is 0 Å². The molecule has 7 nitrogen and oxygen atoms in total. The van der Waals surface area contributed by atoms with Gasteiger partial charge in [-0.3, -0.25) is 0 Å². The van der Waals surface area contributed by atoms with E-state index in [2.05, 4.69) is 13.2 Å². The fourth-order valence-electron chi connectivity index (χ4n) is 2.48. The SMILES string of the molecule is C=CC(=O)OCCC=CCCOC(=O)Oc1ccc(-c2ccc(OC(=O)C(=C)C)cc2)cc1. The molecule has 0 radical (unpaired) electrons. The van der Waals surface area contributed by atoms with E-state index < -0.39 is 18.1 Å². The van der Waals surface area contributed by atoms with Gasteiger partial charge in [0.1, 0.15) is 11.5 Å². The number of hydrogen-bond acceptors (Lipinski definition) is 7. The standard InChI is InChI=1S/C26H26O7/c1-4-24(27)30-17-7-5-6-8-18-31-26(29)33-23-15-11-21(12-16-23)20-9-13-22(14-10-20)32-25(28)19(2)3/h4-6,9-16H,1-2,7-8,17-18H2,3H3. The van der Waals surface area contributed by atoms with Crippen molar-refractivity contribution in [1.82, 2.24) is 0 Å². The van der Waals surface area contributed by atoms with Gasteiger partial charge in [0.15, 0.2) is 0 Å². The number of carbonyl (C=O) groups is 3. The van der Waals surface area contributed by atoms with Crippen LogP contribution in [-0.2, 0) is 19.1 Å². The van der Waals surface area contributed by atoms with Gasteiger partial charge in [0.05, 0.1) is 13.2 Å². The monoisotopic (exact) mass is 450 g/mol. The first-order valence-corrected chi connectivity index (χ1v) is 10.3. The summed E-state index contributed by atoms with van der Waals surface area (Å²) >= 11 is 0. The summed E-state index contributed by atoms with van der Waals surface area (Å²) in [5.41, 5.74) is 2.14. The van der Waals surface area contributed by atoms with Crippen LogP contribution in [0.1, 0.15) is 19.8 Å². The molecule has 2 rings (SSSR count). The Labute approximate surface area is 192 Å². The topological polar surface area (TPSA) is 88.1 Å². The molecule has 33 heavy (non-hydrogen) atoms. The second-order valence-electron chi connectivity index (χ2n) is 6.84. The molecule has 0 aliphatic carbocycles. The summed E-state index contributed by atoms with van der Waals surface area (Å²) < 4.78 is 20.2. The lowest BCUT2D eigenvalue weighted by Crippen LogP contribution is -2.11. The average molecular weight is 450 g/mol. The lowest BCUT2D eigenvalue weighted by molar-refractivity contribution is -0.137. The fraction of sp³-hybridized carbons (Fsp3) is 0.192. The van der Waals surface area contributed by atoms with Crippen molar-refractivity contribution in [3.63, 3.8) is 0 Å². The number of rotatable bonds is 11. The molecule has 0 aliphatic heterocycles. The zero-order chi connectivity index (χ0) is 24.1. The van der Waals surface area contributed by atoms with Crippen LogP contribution in [0.2, 0.25) is 0 Å². The van der Waals surface area contributed by atoms with Crippen LogP contribution in [0.15, 0.2) is 85.5 Å². The van der Waals surface area contributed by atoms with Crippen LogP contribution >= 0.6 is 0 Å². The van der Waals surface area contributed by atoms with Crippen molar-refractivity contribution in [2.24, 2.45) is 0 Å². The summed E-state index contributed by atoms with van der Waals surface area (Å²) in [6.07, 6.45) is 5.06. The Morgan fingerprint density at radius 2 is 1.27 bits per heavy atom. The Morgan fingerprint density at radius 3 is 1.76 bits per heavy atom. The number of esters is 2. The number of carbonyl (C=O) groups excluding carboxylic acids is 3. The van der Waals surface area contributed by atoms with Crippen LogP contribution in [0.5, 0.6) is 11.5 Å². The lowest BCUT2D eigenvalue weighted by Gasteiger charge is -2.07. The van der Waals surface area contributed by atoms with Crippen LogP contribution in [0.25, 0.3) is 11.1 Å². The molecule has 0 bridgehead atoms. The van der Waals surface area contributed by atoms with E-state index in [1.807, 2.05) is 24.3 Å². The number of hydrogen-bond donors (Lipinski definition) is 0. The van der Waals surface area contributed by atoms with E-state index in [-0.39, 0.29) is 13.2 Å². The van der Waals surface area contributed by atoms with Crippen LogP contribution in [-0.4, -0.2) is 31.3 Å². The van der Waals surface area contributed by atoms with Crippen molar-refractivity contribution in [2.45, 2.75) is 19.8 Å². The molecule has 0 heterocycles. The van der Waals surface area contributed by atoms with Gasteiger partial charge in [0.25, 0.3) is 0 Å². The van der Waals surface area contributed by atoms with Gasteiger partial charge < -0.3 is 18.9 Å². The van der Waals surface area contributed by atoms with Gasteiger partial charge in [-0.25, -0.2) is 14.4 Å². The van der Waals surface area contributed by atoms with Gasteiger partial charge in [-0.05, 0) is 55.2 Å². The predicted molar refractivity (Wildman–Crippen MR) is 124 cm³/mol. The first-order valence-electron chi connectivity index (χ1n) is 10.3. The minimum absolute atomic E-state index is 0.169. The van der Waals surface area contributed by atoms with E-state index >= 15 is 0 Å². The Hall–Kier alpha value is -4.13. The van der Waals surface area contributed by atoms with E-state index in [1.54, 1.807) is 43.3 Å². The molecule has 0 unspecified atom stereocenters. The molecular formula is C26H26O7. The Kier molecular flexibility index (Phi) is 10.1. The lowest BCUT2D eigenvalue weighted by atomic mass is 10.1. The van der Waals surface area contributed by atoms with Gasteiger partial charge in [-0.15, -0.1) is 0 Å². The summed E-state index contributed by atoms with van der Waals surface area (Å²) in [7, 11) is 0. The van der Waals surface area contributed by atoms with Crippen molar-refractivity contribution in [3.8, 4) is 22.6 Å². The maximum Gasteiger partial charge on any atom is 0.513 e. The molecule has 0 atom stereocenters. The van der Waals surface area contributed by atoms with E-state index in [1.165, 1.54) is 0 Å². The Morgan fingerprint density at radius 1 is 0.788 bits per heavy atom. The third-order valence-electron chi connectivity index (χ3n) is 4.17. The van der Waals surface area contributed by atoms with Crippen molar-refractivity contribution in [2.75, 3.05) is 13.2 Å². The van der Waals surface area contributed by atoms with E-state index in [9.17, 15) is 14.4 Å². The molecule has 0 spiro atoms. The second-order valence-corrected chi connectivity index (χ2v) is 6.84. The van der Waals surface area contributed by atoms with E-state index in [0.717, 1.165) is 17.2 Å². The minimum Gasteiger partial charge on any atom is -0.462 e. The first kappa shape index (κ1) is 25.1. The third kappa shape index (κ3) is 9.26. The van der Waals surface area contributed by atoms with Gasteiger partial charge >= 0.3 is 18.1 Å². The highest BCUT2D eigenvalue weighted by Gasteiger charge is 2.08. The van der Waals surface area contributed by atoms with Crippen molar-refractivity contribution >= 4 is 18.1 Å². The highest BCUT2D eigenvalue weighted by atomic mass is 16.7. The molecule has 0 amide bonds. The highest BCUT2D eigenvalue weighted by Crippen LogP contribution is 2.25. The Balaban J connectivity index is 1.73. The molecule has 2 aromatic carbocycles. The van der Waals surface area contributed by atoms with Gasteiger partial charge in [-0.1, -0.05) is 49.6 Å². The molecule has 7 heteroatoms.